The van der Waals surface area contributed by atoms with Gasteiger partial charge < -0.3 is 14.9 Å². The van der Waals surface area contributed by atoms with Gasteiger partial charge in [0, 0.05) is 32.0 Å². The number of aliphatic hydroxyl groups excluding tert-OH is 1. The van der Waals surface area contributed by atoms with Crippen LogP contribution in [0.15, 0.2) is 24.5 Å². The van der Waals surface area contributed by atoms with Gasteiger partial charge in [-0.15, -0.1) is 0 Å². The molecule has 0 bridgehead atoms. The van der Waals surface area contributed by atoms with Crippen LogP contribution in [0.3, 0.4) is 0 Å². The Morgan fingerprint density at radius 3 is 2.54 bits per heavy atom. The number of amides is 2. The second-order valence-corrected chi connectivity index (χ2v) is 6.71. The number of hydrogen-bond acceptors (Lipinski definition) is 4. The summed E-state index contributed by atoms with van der Waals surface area (Å²) in [5.41, 5.74) is 1.28. The van der Waals surface area contributed by atoms with Crippen LogP contribution in [0.1, 0.15) is 43.6 Å². The molecule has 2 saturated heterocycles. The number of aliphatic hydroxyl groups is 1. The van der Waals surface area contributed by atoms with Crippen molar-refractivity contribution in [1.29, 1.82) is 0 Å². The Bertz CT molecular complexity index is 570. The Balaban J connectivity index is 1.52. The largest absolute Gasteiger partial charge is 0.383 e. The normalized spacial score (nSPS) is 23.2. The summed E-state index contributed by atoms with van der Waals surface area (Å²) in [6, 6.07) is 4.08. The second kappa shape index (κ2) is 7.75. The van der Waals surface area contributed by atoms with Gasteiger partial charge in [-0.2, -0.15) is 0 Å². The Morgan fingerprint density at radius 2 is 1.83 bits per heavy atom. The molecule has 0 aliphatic carbocycles. The molecule has 6 nitrogen and oxygen atoms in total. The predicted octanol–water partition coefficient (Wildman–Crippen LogP) is 1.16. The predicted molar refractivity (Wildman–Crippen MR) is 89.2 cm³/mol. The lowest BCUT2D eigenvalue weighted by atomic mass is 9.90. The van der Waals surface area contributed by atoms with Crippen molar-refractivity contribution in [2.45, 2.75) is 44.1 Å². The molecule has 1 atom stereocenters. The molecule has 0 spiro atoms. The number of carbonyl (C=O) groups is 2. The monoisotopic (exact) mass is 331 g/mol. The van der Waals surface area contributed by atoms with Gasteiger partial charge in [-0.05, 0) is 55.7 Å². The first-order valence-corrected chi connectivity index (χ1v) is 8.79. The fourth-order valence-corrected chi connectivity index (χ4v) is 3.60. The number of likely N-dealkylation sites (tertiary alicyclic amines) is 2. The van der Waals surface area contributed by atoms with Crippen LogP contribution in [0.4, 0.5) is 0 Å². The summed E-state index contributed by atoms with van der Waals surface area (Å²) in [4.78, 5) is 32.0. The molecule has 2 fully saturated rings. The van der Waals surface area contributed by atoms with Crippen LogP contribution < -0.4 is 0 Å². The first kappa shape index (κ1) is 16.9. The number of nitrogens with zero attached hydrogens (tertiary/aromatic N) is 3. The van der Waals surface area contributed by atoms with E-state index in [0.717, 1.165) is 38.8 Å². The zero-order valence-corrected chi connectivity index (χ0v) is 13.9. The minimum absolute atomic E-state index is 0.00868. The minimum Gasteiger partial charge on any atom is -0.383 e. The molecule has 1 unspecified atom stereocenters. The summed E-state index contributed by atoms with van der Waals surface area (Å²) in [6.07, 6.45) is 6.72. The highest BCUT2D eigenvalue weighted by Crippen LogP contribution is 2.27. The van der Waals surface area contributed by atoms with E-state index in [1.54, 1.807) is 0 Å². The van der Waals surface area contributed by atoms with E-state index in [1.165, 1.54) is 10.5 Å². The van der Waals surface area contributed by atoms with Gasteiger partial charge in [0.1, 0.15) is 6.10 Å². The van der Waals surface area contributed by atoms with Crippen molar-refractivity contribution in [3.8, 4) is 0 Å². The number of aromatic nitrogens is 1. The van der Waals surface area contributed by atoms with Gasteiger partial charge in [0.05, 0.1) is 6.54 Å². The molecule has 2 aliphatic heterocycles. The molecule has 1 aromatic rings. The third-order valence-corrected chi connectivity index (χ3v) is 5.10. The van der Waals surface area contributed by atoms with Gasteiger partial charge in [-0.25, -0.2) is 0 Å². The molecule has 0 saturated carbocycles. The van der Waals surface area contributed by atoms with Crippen molar-refractivity contribution >= 4 is 11.8 Å². The maximum Gasteiger partial charge on any atom is 0.251 e. The molecule has 1 aromatic heterocycles. The fraction of sp³-hybridized carbons (Fsp3) is 0.611. The molecule has 2 amide bonds. The fourth-order valence-electron chi connectivity index (χ4n) is 3.60. The Morgan fingerprint density at radius 1 is 1.12 bits per heavy atom. The lowest BCUT2D eigenvalue weighted by Crippen LogP contribution is -2.47. The zero-order valence-electron chi connectivity index (χ0n) is 13.9. The Kier molecular flexibility index (Phi) is 5.45. The highest BCUT2D eigenvalue weighted by Gasteiger charge is 2.29. The van der Waals surface area contributed by atoms with Gasteiger partial charge in [0.15, 0.2) is 0 Å². The maximum absolute atomic E-state index is 12.5. The van der Waals surface area contributed by atoms with Crippen LogP contribution in [0, 0.1) is 0 Å². The number of carbonyl (C=O) groups excluding carboxylic acids is 2. The number of pyridine rings is 1. The highest BCUT2D eigenvalue weighted by atomic mass is 16.3. The molecular weight excluding hydrogens is 306 g/mol. The van der Waals surface area contributed by atoms with Crippen molar-refractivity contribution in [2.75, 3.05) is 26.2 Å². The molecule has 24 heavy (non-hydrogen) atoms. The number of rotatable bonds is 3. The summed E-state index contributed by atoms with van der Waals surface area (Å²) >= 11 is 0. The van der Waals surface area contributed by atoms with Crippen LogP contribution >= 0.6 is 0 Å². The van der Waals surface area contributed by atoms with Gasteiger partial charge >= 0.3 is 0 Å². The van der Waals surface area contributed by atoms with Crippen LogP contribution in [0.2, 0.25) is 0 Å². The molecule has 6 heteroatoms. The molecule has 0 radical (unpaired) electrons. The van der Waals surface area contributed by atoms with Crippen LogP contribution in [0.25, 0.3) is 0 Å². The van der Waals surface area contributed by atoms with E-state index in [9.17, 15) is 14.7 Å². The smallest absolute Gasteiger partial charge is 0.251 e. The summed E-state index contributed by atoms with van der Waals surface area (Å²) < 4.78 is 0. The molecule has 3 rings (SSSR count). The van der Waals surface area contributed by atoms with E-state index in [0.29, 0.717) is 18.9 Å². The van der Waals surface area contributed by atoms with Crippen LogP contribution in [0.5, 0.6) is 0 Å². The molecule has 0 aromatic carbocycles. The van der Waals surface area contributed by atoms with Gasteiger partial charge in [-0.3, -0.25) is 14.6 Å². The van der Waals surface area contributed by atoms with Gasteiger partial charge in [-0.1, -0.05) is 0 Å². The van der Waals surface area contributed by atoms with Crippen LogP contribution in [-0.4, -0.2) is 64.0 Å². The second-order valence-electron chi connectivity index (χ2n) is 6.71. The summed E-state index contributed by atoms with van der Waals surface area (Å²) in [7, 11) is 0. The van der Waals surface area contributed by atoms with Crippen LogP contribution in [-0.2, 0) is 9.59 Å². The van der Waals surface area contributed by atoms with E-state index in [1.807, 2.05) is 29.4 Å². The van der Waals surface area contributed by atoms with Gasteiger partial charge in [0.2, 0.25) is 5.91 Å². The summed E-state index contributed by atoms with van der Waals surface area (Å²) in [6.45, 7) is 2.09. The van der Waals surface area contributed by atoms with Crippen molar-refractivity contribution in [2.24, 2.45) is 0 Å². The van der Waals surface area contributed by atoms with Crippen molar-refractivity contribution in [1.82, 2.24) is 14.8 Å². The third-order valence-electron chi connectivity index (χ3n) is 5.10. The quantitative estimate of drug-likeness (QED) is 0.902. The topological polar surface area (TPSA) is 73.7 Å². The van der Waals surface area contributed by atoms with E-state index in [4.69, 9.17) is 0 Å². The average molecular weight is 331 g/mol. The maximum atomic E-state index is 12.5. The van der Waals surface area contributed by atoms with Crippen molar-refractivity contribution in [3.63, 3.8) is 0 Å². The van der Waals surface area contributed by atoms with E-state index in [2.05, 4.69) is 4.98 Å². The summed E-state index contributed by atoms with van der Waals surface area (Å²) in [5.74, 6) is 0.164. The average Bonchev–Trinajstić information content (AvgIpc) is 2.78. The first-order valence-electron chi connectivity index (χ1n) is 8.79. The lowest BCUT2D eigenvalue weighted by molar-refractivity contribution is -0.145. The first-order chi connectivity index (χ1) is 11.6. The highest BCUT2D eigenvalue weighted by molar-refractivity contribution is 5.87. The molecular formula is C18H25N3O3. The third kappa shape index (κ3) is 3.93. The minimum atomic E-state index is -0.947. The van der Waals surface area contributed by atoms with E-state index >= 15 is 0 Å². The van der Waals surface area contributed by atoms with Crippen molar-refractivity contribution < 1.29 is 14.7 Å². The van der Waals surface area contributed by atoms with Crippen molar-refractivity contribution in [3.05, 3.63) is 30.1 Å². The summed E-state index contributed by atoms with van der Waals surface area (Å²) in [5, 5.41) is 9.79. The van der Waals surface area contributed by atoms with Gasteiger partial charge in [0.25, 0.3) is 5.91 Å². The number of hydrogen-bond donors (Lipinski definition) is 1. The van der Waals surface area contributed by atoms with E-state index in [-0.39, 0.29) is 18.4 Å². The molecule has 130 valence electrons. The standard InChI is InChI=1S/C18H25N3O3/c22-16-3-1-2-10-21(18(16)24)13-17(23)20-11-6-15(7-12-20)14-4-8-19-9-5-14/h4-5,8-9,15-16,22H,1-3,6-7,10-13H2. The molecule has 1 N–H and O–H groups in total. The zero-order chi connectivity index (χ0) is 16.9. The van der Waals surface area contributed by atoms with E-state index < -0.39 is 6.10 Å². The molecule has 3 heterocycles. The Labute approximate surface area is 142 Å². The lowest BCUT2D eigenvalue weighted by Gasteiger charge is -2.33. The SMILES string of the molecule is O=C(CN1CCCCC(O)C1=O)N1CCC(c2ccncc2)CC1. The molecule has 2 aliphatic rings. The number of piperidine rings is 1. The Hall–Kier alpha value is -1.95.